The minimum absolute atomic E-state index is 0.0970. The van der Waals surface area contributed by atoms with E-state index in [1.54, 1.807) is 19.4 Å². The molecule has 0 bridgehead atoms. The number of nitrogens with two attached hydrogens (primary N) is 1. The fourth-order valence-electron chi connectivity index (χ4n) is 1.10. The monoisotopic (exact) mass is 196 g/mol. The summed E-state index contributed by atoms with van der Waals surface area (Å²) in [4.78, 5) is 15.4. The fourth-order valence-corrected chi connectivity index (χ4v) is 1.10. The minimum Gasteiger partial charge on any atom is -0.365 e. The Kier molecular flexibility index (Phi) is 4.12. The number of nitrogens with zero attached hydrogens (tertiary/aromatic N) is 2. The molecule has 0 unspecified atom stereocenters. The van der Waals surface area contributed by atoms with Gasteiger partial charge in [-0.3, -0.25) is 4.79 Å². The van der Waals surface area contributed by atoms with Crippen LogP contribution < -0.4 is 16.6 Å². The second-order valence-corrected chi connectivity index (χ2v) is 3.11. The second kappa shape index (κ2) is 5.39. The first-order chi connectivity index (χ1) is 6.75. The molecule has 5 heteroatoms. The average Bonchev–Trinajstić information content (AvgIpc) is 2.19. The van der Waals surface area contributed by atoms with Gasteiger partial charge in [-0.15, -0.1) is 0 Å². The molecule has 14 heavy (non-hydrogen) atoms. The number of hydrogen-bond acceptors (Lipinski definition) is 4. The SMILES string of the molecule is Cn1ccnc(NCCCCN)c1=O. The van der Waals surface area contributed by atoms with Gasteiger partial charge in [-0.2, -0.15) is 0 Å². The fraction of sp³-hybridized carbons (Fsp3) is 0.556. The largest absolute Gasteiger partial charge is 0.365 e. The molecule has 5 nitrogen and oxygen atoms in total. The van der Waals surface area contributed by atoms with Gasteiger partial charge in [0.2, 0.25) is 0 Å². The van der Waals surface area contributed by atoms with Crippen molar-refractivity contribution < 1.29 is 0 Å². The lowest BCUT2D eigenvalue weighted by Gasteiger charge is -2.04. The molecule has 0 aliphatic heterocycles. The van der Waals surface area contributed by atoms with Gasteiger partial charge >= 0.3 is 0 Å². The summed E-state index contributed by atoms with van der Waals surface area (Å²) < 4.78 is 1.50. The molecule has 0 saturated carbocycles. The molecule has 0 atom stereocenters. The van der Waals surface area contributed by atoms with E-state index < -0.39 is 0 Å². The lowest BCUT2D eigenvalue weighted by Crippen LogP contribution is -2.22. The summed E-state index contributed by atoms with van der Waals surface area (Å²) in [6, 6.07) is 0. The Labute approximate surface area is 83.0 Å². The Morgan fingerprint density at radius 1 is 1.57 bits per heavy atom. The smallest absolute Gasteiger partial charge is 0.293 e. The molecule has 1 aromatic rings. The van der Waals surface area contributed by atoms with Crippen LogP contribution in [0.4, 0.5) is 5.82 Å². The van der Waals surface area contributed by atoms with Crippen molar-refractivity contribution in [2.75, 3.05) is 18.4 Å². The first-order valence-electron chi connectivity index (χ1n) is 4.71. The summed E-state index contributed by atoms with van der Waals surface area (Å²) in [6.07, 6.45) is 5.15. The molecular formula is C9H16N4O. The molecule has 0 aromatic carbocycles. The zero-order chi connectivity index (χ0) is 10.4. The topological polar surface area (TPSA) is 72.9 Å². The molecule has 0 radical (unpaired) electrons. The quantitative estimate of drug-likeness (QED) is 0.647. The van der Waals surface area contributed by atoms with Gasteiger partial charge in [0, 0.05) is 26.0 Å². The minimum atomic E-state index is -0.0970. The van der Waals surface area contributed by atoms with Crippen molar-refractivity contribution in [2.45, 2.75) is 12.8 Å². The molecule has 78 valence electrons. The molecule has 0 saturated heterocycles. The van der Waals surface area contributed by atoms with Gasteiger partial charge in [-0.1, -0.05) is 0 Å². The Hall–Kier alpha value is -1.36. The highest BCUT2D eigenvalue weighted by Gasteiger charge is 1.99. The van der Waals surface area contributed by atoms with Crippen LogP contribution in [0, 0.1) is 0 Å². The summed E-state index contributed by atoms with van der Waals surface area (Å²) in [5.41, 5.74) is 5.26. The lowest BCUT2D eigenvalue weighted by molar-refractivity contribution is 0.766. The highest BCUT2D eigenvalue weighted by Crippen LogP contribution is 1.93. The van der Waals surface area contributed by atoms with E-state index in [-0.39, 0.29) is 5.56 Å². The predicted molar refractivity (Wildman–Crippen MR) is 56.3 cm³/mol. The Balaban J connectivity index is 2.51. The number of hydrogen-bond donors (Lipinski definition) is 2. The third-order valence-electron chi connectivity index (χ3n) is 1.94. The maximum atomic E-state index is 11.4. The first-order valence-corrected chi connectivity index (χ1v) is 4.71. The van der Waals surface area contributed by atoms with Crippen molar-refractivity contribution in [1.82, 2.24) is 9.55 Å². The van der Waals surface area contributed by atoms with E-state index in [2.05, 4.69) is 10.3 Å². The highest BCUT2D eigenvalue weighted by atomic mass is 16.1. The predicted octanol–water partition coefficient (Wildman–Crippen LogP) is -0.0689. The van der Waals surface area contributed by atoms with E-state index in [1.165, 1.54) is 4.57 Å². The van der Waals surface area contributed by atoms with E-state index in [0.29, 0.717) is 12.4 Å². The molecule has 0 aliphatic rings. The zero-order valence-electron chi connectivity index (χ0n) is 8.36. The second-order valence-electron chi connectivity index (χ2n) is 3.11. The Morgan fingerprint density at radius 2 is 2.36 bits per heavy atom. The van der Waals surface area contributed by atoms with E-state index in [0.717, 1.165) is 19.4 Å². The van der Waals surface area contributed by atoms with Crippen LogP contribution in [0.1, 0.15) is 12.8 Å². The summed E-state index contributed by atoms with van der Waals surface area (Å²) >= 11 is 0. The Bertz CT molecular complexity index is 334. The average molecular weight is 196 g/mol. The number of rotatable bonds is 5. The number of anilines is 1. The number of aromatic nitrogens is 2. The van der Waals surface area contributed by atoms with Gasteiger partial charge in [-0.05, 0) is 19.4 Å². The van der Waals surface area contributed by atoms with Crippen molar-refractivity contribution in [3.05, 3.63) is 22.7 Å². The molecule has 0 spiro atoms. The number of nitrogens with one attached hydrogen (secondary N) is 1. The maximum absolute atomic E-state index is 11.4. The van der Waals surface area contributed by atoms with Gasteiger partial charge in [0.25, 0.3) is 5.56 Å². The molecule has 0 aliphatic carbocycles. The Morgan fingerprint density at radius 3 is 3.07 bits per heavy atom. The van der Waals surface area contributed by atoms with Gasteiger partial charge in [0.05, 0.1) is 0 Å². The van der Waals surface area contributed by atoms with E-state index in [9.17, 15) is 4.79 Å². The normalized spacial score (nSPS) is 10.1. The van der Waals surface area contributed by atoms with Crippen LogP contribution in [0.5, 0.6) is 0 Å². The van der Waals surface area contributed by atoms with Gasteiger partial charge < -0.3 is 15.6 Å². The standard InChI is InChI=1S/C9H16N4O/c1-13-7-6-12-8(9(13)14)11-5-3-2-4-10/h6-7H,2-5,10H2,1H3,(H,11,12). The maximum Gasteiger partial charge on any atom is 0.293 e. The molecule has 0 amide bonds. The van der Waals surface area contributed by atoms with Crippen LogP contribution in [-0.4, -0.2) is 22.6 Å². The molecule has 1 rings (SSSR count). The first kappa shape index (κ1) is 10.7. The van der Waals surface area contributed by atoms with Gasteiger partial charge in [-0.25, -0.2) is 4.98 Å². The third kappa shape index (κ3) is 2.85. The lowest BCUT2D eigenvalue weighted by atomic mass is 10.3. The van der Waals surface area contributed by atoms with E-state index in [4.69, 9.17) is 5.73 Å². The molecule has 0 fully saturated rings. The van der Waals surface area contributed by atoms with Crippen molar-refractivity contribution in [3.63, 3.8) is 0 Å². The van der Waals surface area contributed by atoms with Crippen LogP contribution in [0.25, 0.3) is 0 Å². The van der Waals surface area contributed by atoms with Crippen LogP contribution in [0.3, 0.4) is 0 Å². The van der Waals surface area contributed by atoms with Crippen molar-refractivity contribution >= 4 is 5.82 Å². The van der Waals surface area contributed by atoms with Crippen molar-refractivity contribution in [1.29, 1.82) is 0 Å². The number of aryl methyl sites for hydroxylation is 1. The molecular weight excluding hydrogens is 180 g/mol. The van der Waals surface area contributed by atoms with Gasteiger partial charge in [0.1, 0.15) is 0 Å². The van der Waals surface area contributed by atoms with Crippen LogP contribution in [0.15, 0.2) is 17.2 Å². The van der Waals surface area contributed by atoms with Crippen LogP contribution in [-0.2, 0) is 7.05 Å². The van der Waals surface area contributed by atoms with Gasteiger partial charge in [0.15, 0.2) is 5.82 Å². The summed E-state index contributed by atoms with van der Waals surface area (Å²) in [6.45, 7) is 1.42. The summed E-state index contributed by atoms with van der Waals surface area (Å²) in [5, 5.41) is 2.99. The van der Waals surface area contributed by atoms with Crippen LogP contribution in [0.2, 0.25) is 0 Å². The molecule has 1 heterocycles. The zero-order valence-corrected chi connectivity index (χ0v) is 8.36. The number of unbranched alkanes of at least 4 members (excludes halogenated alkanes) is 1. The van der Waals surface area contributed by atoms with Crippen molar-refractivity contribution in [3.8, 4) is 0 Å². The van der Waals surface area contributed by atoms with Crippen LogP contribution >= 0.6 is 0 Å². The molecule has 3 N–H and O–H groups in total. The van der Waals surface area contributed by atoms with E-state index >= 15 is 0 Å². The highest BCUT2D eigenvalue weighted by molar-refractivity contribution is 5.30. The third-order valence-corrected chi connectivity index (χ3v) is 1.94. The summed E-state index contributed by atoms with van der Waals surface area (Å²) in [7, 11) is 1.70. The summed E-state index contributed by atoms with van der Waals surface area (Å²) in [5.74, 6) is 0.409. The van der Waals surface area contributed by atoms with Crippen molar-refractivity contribution in [2.24, 2.45) is 12.8 Å². The molecule has 1 aromatic heterocycles. The van der Waals surface area contributed by atoms with E-state index in [1.807, 2.05) is 0 Å².